The van der Waals surface area contributed by atoms with Gasteiger partial charge in [0.2, 0.25) is 11.3 Å². The quantitative estimate of drug-likeness (QED) is 0.765. The van der Waals surface area contributed by atoms with Crippen LogP contribution in [0.1, 0.15) is 0 Å². The minimum Gasteiger partial charge on any atom is -0.432 e. The molecule has 0 aliphatic carbocycles. The van der Waals surface area contributed by atoms with Gasteiger partial charge in [-0.05, 0) is 12.1 Å². The summed E-state index contributed by atoms with van der Waals surface area (Å²) in [5.74, 6) is -0.00543. The van der Waals surface area contributed by atoms with Gasteiger partial charge in [0.05, 0.1) is 0 Å². The number of hydrogen-bond acceptors (Lipinski definition) is 4. The summed E-state index contributed by atoms with van der Waals surface area (Å²) in [5, 5.41) is 8.06. The molecule has 0 saturated heterocycles. The summed E-state index contributed by atoms with van der Waals surface area (Å²) in [6.07, 6.45) is 2.48. The van der Waals surface area contributed by atoms with E-state index in [-0.39, 0.29) is 5.75 Å². The lowest BCUT2D eigenvalue weighted by atomic mass is 10.3. The third-order valence-electron chi connectivity index (χ3n) is 2.23. The number of nitrogens with one attached hydrogen (secondary N) is 1. The molecule has 0 spiro atoms. The monoisotopic (exact) mass is 250 g/mol. The lowest BCUT2D eigenvalue weighted by Crippen LogP contribution is -2.07. The molecule has 3 aromatic rings. The van der Waals surface area contributed by atoms with Crippen LogP contribution in [0.4, 0.5) is 8.78 Å². The molecule has 0 fully saturated rings. The van der Waals surface area contributed by atoms with Crippen molar-refractivity contribution in [2.75, 3.05) is 0 Å². The zero-order chi connectivity index (χ0) is 12.5. The Labute approximate surface area is 99.2 Å². The van der Waals surface area contributed by atoms with Crippen molar-refractivity contribution in [1.82, 2.24) is 25.0 Å². The van der Waals surface area contributed by atoms with Crippen molar-refractivity contribution >= 4 is 11.3 Å². The van der Waals surface area contributed by atoms with Gasteiger partial charge < -0.3 is 9.72 Å². The minimum atomic E-state index is -2.90. The van der Waals surface area contributed by atoms with Crippen LogP contribution in [0, 0.1) is 6.33 Å². The molecule has 1 radical (unpaired) electrons. The van der Waals surface area contributed by atoms with Crippen LogP contribution >= 0.6 is 0 Å². The maximum Gasteiger partial charge on any atom is 0.387 e. The van der Waals surface area contributed by atoms with Crippen molar-refractivity contribution in [2.45, 2.75) is 6.61 Å². The molecule has 0 aliphatic rings. The van der Waals surface area contributed by atoms with Crippen LogP contribution in [0.15, 0.2) is 24.3 Å². The third kappa shape index (κ3) is 1.77. The Bertz CT molecular complexity index is 649. The van der Waals surface area contributed by atoms with Gasteiger partial charge in [0.15, 0.2) is 12.1 Å². The number of aromatic amines is 1. The van der Waals surface area contributed by atoms with E-state index in [1.807, 2.05) is 0 Å². The van der Waals surface area contributed by atoms with E-state index in [1.54, 1.807) is 18.2 Å². The van der Waals surface area contributed by atoms with Crippen molar-refractivity contribution in [2.24, 2.45) is 0 Å². The molecule has 0 saturated carbocycles. The molecule has 8 heteroatoms. The van der Waals surface area contributed by atoms with E-state index in [2.05, 4.69) is 31.2 Å². The zero-order valence-electron chi connectivity index (χ0n) is 8.84. The third-order valence-corrected chi connectivity index (χ3v) is 2.23. The van der Waals surface area contributed by atoms with E-state index in [9.17, 15) is 8.78 Å². The van der Waals surface area contributed by atoms with Crippen molar-refractivity contribution in [3.8, 4) is 11.4 Å². The Morgan fingerprint density at radius 2 is 2.11 bits per heavy atom. The molecule has 6 nitrogen and oxygen atoms in total. The number of hydrogen-bond donors (Lipinski definition) is 1. The van der Waals surface area contributed by atoms with Gasteiger partial charge in [-0.15, -0.1) is 15.0 Å². The maximum atomic E-state index is 12.3. The first kappa shape index (κ1) is 10.6. The molecule has 0 amide bonds. The van der Waals surface area contributed by atoms with Crippen molar-refractivity contribution in [1.29, 1.82) is 0 Å². The fourth-order valence-corrected chi connectivity index (χ4v) is 1.51. The van der Waals surface area contributed by atoms with Crippen LogP contribution in [0.25, 0.3) is 17.0 Å². The highest BCUT2D eigenvalue weighted by Crippen LogP contribution is 2.23. The summed E-state index contributed by atoms with van der Waals surface area (Å²) in [6.45, 7) is -2.90. The fraction of sp³-hybridized carbons (Fsp3) is 0.100. The van der Waals surface area contributed by atoms with E-state index in [0.29, 0.717) is 17.0 Å². The first-order valence-electron chi connectivity index (χ1n) is 4.97. The number of imidazole rings is 1. The molecule has 0 unspecified atom stereocenters. The number of rotatable bonds is 3. The lowest BCUT2D eigenvalue weighted by molar-refractivity contribution is -0.0499. The molecule has 1 N–H and O–H groups in total. The van der Waals surface area contributed by atoms with Crippen LogP contribution in [0.5, 0.6) is 5.75 Å². The van der Waals surface area contributed by atoms with Gasteiger partial charge in [-0.25, -0.2) is 4.98 Å². The highest BCUT2D eigenvalue weighted by Gasteiger charge is 2.13. The smallest absolute Gasteiger partial charge is 0.387 e. The molecule has 2 aromatic heterocycles. The number of fused-ring (bicyclic) bond motifs is 1. The van der Waals surface area contributed by atoms with Gasteiger partial charge in [0.1, 0.15) is 5.69 Å². The highest BCUT2D eigenvalue weighted by molar-refractivity contribution is 5.64. The Morgan fingerprint density at radius 3 is 2.89 bits per heavy atom. The highest BCUT2D eigenvalue weighted by atomic mass is 19.3. The van der Waals surface area contributed by atoms with Gasteiger partial charge in [-0.2, -0.15) is 8.78 Å². The fourth-order valence-electron chi connectivity index (χ4n) is 1.51. The van der Waals surface area contributed by atoms with Crippen LogP contribution in [-0.2, 0) is 0 Å². The van der Waals surface area contributed by atoms with E-state index in [1.165, 1.54) is 10.9 Å². The first-order chi connectivity index (χ1) is 8.74. The number of H-pyrrole nitrogens is 1. The number of para-hydroxylation sites is 2. The number of alkyl halides is 2. The van der Waals surface area contributed by atoms with Gasteiger partial charge in [-0.3, -0.25) is 0 Å². The predicted molar refractivity (Wildman–Crippen MR) is 56.5 cm³/mol. The van der Waals surface area contributed by atoms with E-state index in [4.69, 9.17) is 0 Å². The average Bonchev–Trinajstić information content (AvgIpc) is 2.89. The minimum absolute atomic E-state index is 0.00543. The molecule has 2 heterocycles. The van der Waals surface area contributed by atoms with Crippen LogP contribution in [-0.4, -0.2) is 31.6 Å². The molecule has 0 bridgehead atoms. The summed E-state index contributed by atoms with van der Waals surface area (Å²) in [5.41, 5.74) is 1.08. The largest absolute Gasteiger partial charge is 0.432 e. The second-order valence-corrected chi connectivity index (χ2v) is 3.36. The summed E-state index contributed by atoms with van der Waals surface area (Å²) < 4.78 is 28.9. The van der Waals surface area contributed by atoms with Crippen molar-refractivity contribution < 1.29 is 13.5 Å². The zero-order valence-corrected chi connectivity index (χ0v) is 8.84. The van der Waals surface area contributed by atoms with Gasteiger partial charge in [-0.1, -0.05) is 12.1 Å². The predicted octanol–water partition coefficient (Wildman–Crippen LogP) is 1.55. The standard InChI is InChI=1S/C10H6F2N5O/c11-10(12)18-7-4-2-1-3-6(7)17-15-8-9(16-17)14-5-13-8/h1-4,10H,(H,13,14,15,16). The first-order valence-corrected chi connectivity index (χ1v) is 4.97. The number of ether oxygens (including phenoxy) is 1. The Balaban J connectivity index is 2.08. The van der Waals surface area contributed by atoms with Crippen molar-refractivity contribution in [3.63, 3.8) is 0 Å². The summed E-state index contributed by atoms with van der Waals surface area (Å²) in [6, 6.07) is 6.24. The van der Waals surface area contributed by atoms with Gasteiger partial charge in [0.25, 0.3) is 0 Å². The Morgan fingerprint density at radius 1 is 1.28 bits per heavy atom. The molecule has 0 aliphatic heterocycles. The summed E-state index contributed by atoms with van der Waals surface area (Å²) >= 11 is 0. The number of benzene rings is 1. The lowest BCUT2D eigenvalue weighted by Gasteiger charge is -2.08. The van der Waals surface area contributed by atoms with E-state index in [0.717, 1.165) is 0 Å². The van der Waals surface area contributed by atoms with Crippen LogP contribution < -0.4 is 4.74 Å². The maximum absolute atomic E-state index is 12.3. The molecular formula is C10H6F2N5O. The SMILES string of the molecule is FC(F)Oc1ccccc1-n1nc2n[c][nH]c2n1. The second kappa shape index (κ2) is 4.06. The Hall–Kier alpha value is -2.51. The normalized spacial score (nSPS) is 11.3. The molecule has 0 atom stereocenters. The topological polar surface area (TPSA) is 68.6 Å². The number of halogens is 2. The van der Waals surface area contributed by atoms with Crippen molar-refractivity contribution in [3.05, 3.63) is 30.6 Å². The number of aromatic nitrogens is 5. The number of nitrogens with zero attached hydrogens (tertiary/aromatic N) is 4. The van der Waals surface area contributed by atoms with Gasteiger partial charge >= 0.3 is 6.61 Å². The summed E-state index contributed by atoms with van der Waals surface area (Å²) in [7, 11) is 0. The molecule has 1 aromatic carbocycles. The molecule has 18 heavy (non-hydrogen) atoms. The average molecular weight is 250 g/mol. The van der Waals surface area contributed by atoms with Gasteiger partial charge in [0, 0.05) is 0 Å². The molecule has 91 valence electrons. The van der Waals surface area contributed by atoms with E-state index >= 15 is 0 Å². The second-order valence-electron chi connectivity index (χ2n) is 3.36. The Kier molecular flexibility index (Phi) is 2.40. The van der Waals surface area contributed by atoms with E-state index < -0.39 is 6.61 Å². The van der Waals surface area contributed by atoms with Crippen LogP contribution in [0.2, 0.25) is 0 Å². The van der Waals surface area contributed by atoms with Crippen LogP contribution in [0.3, 0.4) is 0 Å². The molecule has 3 rings (SSSR count). The summed E-state index contributed by atoms with van der Waals surface area (Å²) in [4.78, 5) is 7.62. The molecular weight excluding hydrogens is 244 g/mol.